The zero-order chi connectivity index (χ0) is 17.5. The molecule has 25 heavy (non-hydrogen) atoms. The highest BCUT2D eigenvalue weighted by molar-refractivity contribution is 5.43. The molecule has 6 nitrogen and oxygen atoms in total. The van der Waals surface area contributed by atoms with Crippen LogP contribution in [0.4, 0.5) is 11.8 Å². The van der Waals surface area contributed by atoms with Crippen LogP contribution in [0.1, 0.15) is 24.1 Å². The van der Waals surface area contributed by atoms with Crippen LogP contribution in [0.25, 0.3) is 0 Å². The van der Waals surface area contributed by atoms with Gasteiger partial charge in [0.15, 0.2) is 0 Å². The van der Waals surface area contributed by atoms with Gasteiger partial charge in [0, 0.05) is 31.5 Å². The summed E-state index contributed by atoms with van der Waals surface area (Å²) in [6.07, 6.45) is 3.37. The molecular weight excluding hydrogens is 316 g/mol. The Morgan fingerprint density at radius 3 is 2.92 bits per heavy atom. The minimum absolute atomic E-state index is 0.270. The lowest BCUT2D eigenvalue weighted by Crippen LogP contribution is -2.20. The highest BCUT2D eigenvalue weighted by Crippen LogP contribution is 2.18. The number of benzene rings is 1. The summed E-state index contributed by atoms with van der Waals surface area (Å²) < 4.78 is 11.0. The van der Waals surface area contributed by atoms with Crippen molar-refractivity contribution in [3.05, 3.63) is 41.6 Å². The molecule has 1 aliphatic rings. The molecule has 0 bridgehead atoms. The summed E-state index contributed by atoms with van der Waals surface area (Å²) in [7, 11) is 1.70. The quantitative estimate of drug-likeness (QED) is 0.768. The second-order valence-electron chi connectivity index (χ2n) is 6.22. The number of para-hydroxylation sites is 1. The van der Waals surface area contributed by atoms with Crippen molar-refractivity contribution >= 4 is 11.8 Å². The van der Waals surface area contributed by atoms with Crippen molar-refractivity contribution in [2.75, 3.05) is 37.4 Å². The molecule has 0 spiro atoms. The molecule has 3 rings (SSSR count). The van der Waals surface area contributed by atoms with E-state index in [9.17, 15) is 0 Å². The van der Waals surface area contributed by atoms with Gasteiger partial charge in [0.25, 0.3) is 0 Å². The fraction of sp³-hybridized carbons (Fsp3) is 0.474. The zero-order valence-corrected chi connectivity index (χ0v) is 14.9. The maximum atomic E-state index is 5.63. The molecule has 6 heteroatoms. The number of nitrogens with zero attached hydrogens (tertiary/aromatic N) is 2. The summed E-state index contributed by atoms with van der Waals surface area (Å²) in [6, 6.07) is 10.0. The van der Waals surface area contributed by atoms with Gasteiger partial charge >= 0.3 is 0 Å². The first kappa shape index (κ1) is 17.5. The third-order valence-electron chi connectivity index (χ3n) is 4.26. The maximum Gasteiger partial charge on any atom is 0.224 e. The van der Waals surface area contributed by atoms with E-state index in [2.05, 4.69) is 26.7 Å². The molecule has 1 saturated heterocycles. The van der Waals surface area contributed by atoms with Gasteiger partial charge in [0.1, 0.15) is 11.6 Å². The van der Waals surface area contributed by atoms with Gasteiger partial charge in [0.05, 0.1) is 13.2 Å². The Balaban J connectivity index is 1.54. The van der Waals surface area contributed by atoms with Gasteiger partial charge in [0.2, 0.25) is 5.95 Å². The van der Waals surface area contributed by atoms with Crippen molar-refractivity contribution in [2.24, 2.45) is 0 Å². The van der Waals surface area contributed by atoms with Crippen LogP contribution in [0.5, 0.6) is 5.75 Å². The van der Waals surface area contributed by atoms with Gasteiger partial charge in [-0.3, -0.25) is 0 Å². The fourth-order valence-corrected chi connectivity index (χ4v) is 2.98. The number of nitrogens with one attached hydrogen (secondary N) is 2. The minimum atomic E-state index is 0.270. The van der Waals surface area contributed by atoms with Crippen LogP contribution in [0.15, 0.2) is 30.3 Å². The van der Waals surface area contributed by atoms with Crippen LogP contribution in [0.3, 0.4) is 0 Å². The summed E-state index contributed by atoms with van der Waals surface area (Å²) in [5.74, 6) is 2.40. The number of rotatable bonds is 8. The summed E-state index contributed by atoms with van der Waals surface area (Å²) in [6.45, 7) is 4.37. The zero-order valence-electron chi connectivity index (χ0n) is 14.9. The molecule has 134 valence electrons. The van der Waals surface area contributed by atoms with Crippen LogP contribution < -0.4 is 15.4 Å². The number of anilines is 2. The Bertz CT molecular complexity index is 687. The summed E-state index contributed by atoms with van der Waals surface area (Å²) in [4.78, 5) is 9.00. The van der Waals surface area contributed by atoms with Crippen LogP contribution >= 0.6 is 0 Å². The predicted molar refractivity (Wildman–Crippen MR) is 99.4 cm³/mol. The first-order valence-electron chi connectivity index (χ1n) is 8.81. The minimum Gasteiger partial charge on any atom is -0.496 e. The van der Waals surface area contributed by atoms with E-state index in [1.807, 2.05) is 31.2 Å². The number of hydrogen-bond donors (Lipinski definition) is 2. The first-order valence-corrected chi connectivity index (χ1v) is 8.81. The first-order chi connectivity index (χ1) is 12.2. The van der Waals surface area contributed by atoms with Crippen LogP contribution in [0.2, 0.25) is 0 Å². The van der Waals surface area contributed by atoms with E-state index >= 15 is 0 Å². The van der Waals surface area contributed by atoms with Crippen molar-refractivity contribution < 1.29 is 9.47 Å². The normalized spacial score (nSPS) is 16.6. The lowest BCUT2D eigenvalue weighted by atomic mass is 10.1. The molecule has 2 N–H and O–H groups in total. The van der Waals surface area contributed by atoms with Gasteiger partial charge in [-0.05, 0) is 37.8 Å². The summed E-state index contributed by atoms with van der Waals surface area (Å²) in [5, 5.41) is 6.66. The smallest absolute Gasteiger partial charge is 0.224 e. The number of ether oxygens (including phenoxy) is 2. The van der Waals surface area contributed by atoms with E-state index in [4.69, 9.17) is 9.47 Å². The third kappa shape index (κ3) is 5.06. The highest BCUT2D eigenvalue weighted by Gasteiger charge is 2.15. The Labute approximate surface area is 149 Å². The molecule has 2 aromatic rings. The van der Waals surface area contributed by atoms with Crippen molar-refractivity contribution in [1.29, 1.82) is 0 Å². The molecule has 0 radical (unpaired) electrons. The fourth-order valence-electron chi connectivity index (χ4n) is 2.98. The molecule has 1 atom stereocenters. The Morgan fingerprint density at radius 1 is 1.24 bits per heavy atom. The van der Waals surface area contributed by atoms with E-state index in [1.165, 1.54) is 5.56 Å². The maximum absolute atomic E-state index is 5.63. The number of aromatic nitrogens is 2. The van der Waals surface area contributed by atoms with Gasteiger partial charge in [-0.2, -0.15) is 4.98 Å². The molecule has 1 unspecified atom stereocenters. The lowest BCUT2D eigenvalue weighted by molar-refractivity contribution is 0.120. The van der Waals surface area contributed by atoms with E-state index in [1.54, 1.807) is 7.11 Å². The lowest BCUT2D eigenvalue weighted by Gasteiger charge is -2.13. The highest BCUT2D eigenvalue weighted by atomic mass is 16.5. The molecule has 1 aromatic heterocycles. The molecule has 1 aromatic carbocycles. The van der Waals surface area contributed by atoms with Crippen LogP contribution in [-0.4, -0.2) is 42.9 Å². The number of hydrogen-bond acceptors (Lipinski definition) is 6. The topological polar surface area (TPSA) is 68.3 Å². The van der Waals surface area contributed by atoms with Crippen molar-refractivity contribution in [2.45, 2.75) is 32.3 Å². The van der Waals surface area contributed by atoms with Gasteiger partial charge in [-0.25, -0.2) is 4.98 Å². The van der Waals surface area contributed by atoms with Crippen molar-refractivity contribution in [3.8, 4) is 5.75 Å². The van der Waals surface area contributed by atoms with Crippen molar-refractivity contribution in [3.63, 3.8) is 0 Å². The Kier molecular flexibility index (Phi) is 6.06. The van der Waals surface area contributed by atoms with Gasteiger partial charge < -0.3 is 20.1 Å². The second kappa shape index (κ2) is 8.67. The molecule has 2 heterocycles. The molecule has 1 fully saturated rings. The Hall–Kier alpha value is -2.34. The average Bonchev–Trinajstić information content (AvgIpc) is 3.13. The largest absolute Gasteiger partial charge is 0.496 e. The molecule has 1 aliphatic heterocycles. The number of aryl methyl sites for hydroxylation is 1. The monoisotopic (exact) mass is 342 g/mol. The van der Waals surface area contributed by atoms with E-state index in [0.29, 0.717) is 5.95 Å². The number of methoxy groups -OCH3 is 1. The van der Waals surface area contributed by atoms with Crippen molar-refractivity contribution in [1.82, 2.24) is 9.97 Å². The van der Waals surface area contributed by atoms with E-state index in [0.717, 1.165) is 56.2 Å². The van der Waals surface area contributed by atoms with Gasteiger partial charge in [-0.15, -0.1) is 0 Å². The third-order valence-corrected chi connectivity index (χ3v) is 4.26. The van der Waals surface area contributed by atoms with Crippen LogP contribution in [-0.2, 0) is 11.2 Å². The molecule has 0 amide bonds. The van der Waals surface area contributed by atoms with Gasteiger partial charge in [-0.1, -0.05) is 18.2 Å². The average molecular weight is 342 g/mol. The van der Waals surface area contributed by atoms with E-state index in [-0.39, 0.29) is 6.10 Å². The molecule has 0 aliphatic carbocycles. The Morgan fingerprint density at radius 2 is 2.12 bits per heavy atom. The standard InChI is InChI=1S/C19H26N4O2/c1-14-12-18(20-10-9-15-6-3-4-8-17(15)24-2)23-19(22-14)21-13-16-7-5-11-25-16/h3-4,6,8,12,16H,5,7,9-11,13H2,1-2H3,(H2,20,21,22,23). The SMILES string of the molecule is COc1ccccc1CCNc1cc(C)nc(NCC2CCCO2)n1. The molecular formula is C19H26N4O2. The predicted octanol–water partition coefficient (Wildman–Crippen LogP) is 3.04. The summed E-state index contributed by atoms with van der Waals surface area (Å²) >= 11 is 0. The van der Waals surface area contributed by atoms with Crippen LogP contribution in [0, 0.1) is 6.92 Å². The molecule has 0 saturated carbocycles. The van der Waals surface area contributed by atoms with E-state index < -0.39 is 0 Å². The summed E-state index contributed by atoms with van der Waals surface area (Å²) in [5.41, 5.74) is 2.12. The second-order valence-corrected chi connectivity index (χ2v) is 6.22.